The molecule has 7 nitrogen and oxygen atoms in total. The summed E-state index contributed by atoms with van der Waals surface area (Å²) >= 11 is 0. The molecule has 0 aromatic carbocycles. The third-order valence-electron chi connectivity index (χ3n) is 4.28. The number of carbonyl (C=O) groups is 2. The number of aliphatic carboxylic acids is 1. The van der Waals surface area contributed by atoms with Crippen LogP contribution in [0.2, 0.25) is 0 Å². The monoisotopic (exact) mass is 294 g/mol. The standard InChI is InChI=1S/C14H22N4O3/c1-3-14(13(20)21)5-4-6-17(9-14)12(19)8-18-11(15)7-10(2)16-18/h7H,3-6,8-9,15H2,1-2H3,(H,20,21). The third-order valence-corrected chi connectivity index (χ3v) is 4.28. The number of hydrogen-bond acceptors (Lipinski definition) is 4. The summed E-state index contributed by atoms with van der Waals surface area (Å²) in [5.74, 6) is -0.515. The SMILES string of the molecule is CCC1(C(=O)O)CCCN(C(=O)Cn2nc(C)cc2N)C1. The first kappa shape index (κ1) is 15.3. The van der Waals surface area contributed by atoms with Crippen molar-refractivity contribution in [3.8, 4) is 0 Å². The molecule has 2 rings (SSSR count). The van der Waals surface area contributed by atoms with E-state index in [0.29, 0.717) is 31.6 Å². The van der Waals surface area contributed by atoms with Crippen LogP contribution in [0.5, 0.6) is 0 Å². The average Bonchev–Trinajstić information content (AvgIpc) is 2.76. The van der Waals surface area contributed by atoms with Gasteiger partial charge < -0.3 is 15.7 Å². The van der Waals surface area contributed by atoms with Gasteiger partial charge >= 0.3 is 5.97 Å². The highest BCUT2D eigenvalue weighted by atomic mass is 16.4. The second-order valence-corrected chi connectivity index (χ2v) is 5.73. The molecule has 1 aliphatic rings. The Morgan fingerprint density at radius 1 is 1.52 bits per heavy atom. The molecule has 1 aromatic rings. The van der Waals surface area contributed by atoms with E-state index in [1.54, 1.807) is 11.0 Å². The van der Waals surface area contributed by atoms with Crippen LogP contribution in [0.3, 0.4) is 0 Å². The highest BCUT2D eigenvalue weighted by Crippen LogP contribution is 2.33. The number of anilines is 1. The first-order valence-corrected chi connectivity index (χ1v) is 7.19. The summed E-state index contributed by atoms with van der Waals surface area (Å²) in [5.41, 5.74) is 5.72. The van der Waals surface area contributed by atoms with Gasteiger partial charge in [-0.1, -0.05) is 6.92 Å². The van der Waals surface area contributed by atoms with Crippen molar-refractivity contribution in [1.82, 2.24) is 14.7 Å². The molecule has 1 unspecified atom stereocenters. The van der Waals surface area contributed by atoms with E-state index < -0.39 is 11.4 Å². The maximum atomic E-state index is 12.4. The van der Waals surface area contributed by atoms with Crippen molar-refractivity contribution in [2.24, 2.45) is 5.41 Å². The van der Waals surface area contributed by atoms with Crippen LogP contribution < -0.4 is 5.73 Å². The molecule has 1 fully saturated rings. The van der Waals surface area contributed by atoms with Crippen molar-refractivity contribution in [2.45, 2.75) is 39.7 Å². The Balaban J connectivity index is 2.09. The van der Waals surface area contributed by atoms with Crippen LogP contribution in [-0.4, -0.2) is 44.8 Å². The molecule has 116 valence electrons. The van der Waals surface area contributed by atoms with Crippen LogP contribution in [0.25, 0.3) is 0 Å². The lowest BCUT2D eigenvalue weighted by Gasteiger charge is -2.39. The van der Waals surface area contributed by atoms with Crippen molar-refractivity contribution in [3.63, 3.8) is 0 Å². The van der Waals surface area contributed by atoms with Gasteiger partial charge in [-0.05, 0) is 26.2 Å². The summed E-state index contributed by atoms with van der Waals surface area (Å²) in [4.78, 5) is 25.5. The fraction of sp³-hybridized carbons (Fsp3) is 0.643. The zero-order chi connectivity index (χ0) is 15.6. The van der Waals surface area contributed by atoms with Gasteiger partial charge in [-0.25, -0.2) is 4.68 Å². The van der Waals surface area contributed by atoms with Crippen LogP contribution in [0.4, 0.5) is 5.82 Å². The van der Waals surface area contributed by atoms with E-state index in [4.69, 9.17) is 5.73 Å². The van der Waals surface area contributed by atoms with Crippen LogP contribution in [0, 0.1) is 12.3 Å². The summed E-state index contributed by atoms with van der Waals surface area (Å²) in [6.07, 6.45) is 1.85. The quantitative estimate of drug-likeness (QED) is 0.858. The zero-order valence-electron chi connectivity index (χ0n) is 12.5. The fourth-order valence-corrected chi connectivity index (χ4v) is 2.88. The molecule has 0 aliphatic carbocycles. The zero-order valence-corrected chi connectivity index (χ0v) is 12.5. The van der Waals surface area contributed by atoms with Crippen molar-refractivity contribution in [2.75, 3.05) is 18.8 Å². The number of amides is 1. The minimum Gasteiger partial charge on any atom is -0.481 e. The molecule has 2 heterocycles. The van der Waals surface area contributed by atoms with Gasteiger partial charge in [-0.2, -0.15) is 5.10 Å². The van der Waals surface area contributed by atoms with E-state index in [0.717, 1.165) is 5.69 Å². The van der Waals surface area contributed by atoms with Gasteiger partial charge in [0.25, 0.3) is 0 Å². The van der Waals surface area contributed by atoms with E-state index in [9.17, 15) is 14.7 Å². The van der Waals surface area contributed by atoms with E-state index >= 15 is 0 Å². The smallest absolute Gasteiger partial charge is 0.311 e. The third kappa shape index (κ3) is 3.01. The molecule has 1 saturated heterocycles. The molecule has 0 saturated carbocycles. The number of nitrogens with zero attached hydrogens (tertiary/aromatic N) is 3. The largest absolute Gasteiger partial charge is 0.481 e. The van der Waals surface area contributed by atoms with Crippen molar-refractivity contribution in [3.05, 3.63) is 11.8 Å². The normalized spacial score (nSPS) is 22.3. The molecular weight excluding hydrogens is 272 g/mol. The second kappa shape index (κ2) is 5.75. The van der Waals surface area contributed by atoms with Gasteiger partial charge in [-0.3, -0.25) is 9.59 Å². The molecule has 1 atom stereocenters. The van der Waals surface area contributed by atoms with Crippen molar-refractivity contribution >= 4 is 17.7 Å². The molecule has 1 aromatic heterocycles. The minimum atomic E-state index is -0.822. The summed E-state index contributed by atoms with van der Waals surface area (Å²) in [6, 6.07) is 1.71. The second-order valence-electron chi connectivity index (χ2n) is 5.73. The number of rotatable bonds is 4. The fourth-order valence-electron chi connectivity index (χ4n) is 2.88. The molecule has 21 heavy (non-hydrogen) atoms. The number of aromatic nitrogens is 2. The molecule has 0 radical (unpaired) electrons. The number of carboxylic acids is 1. The lowest BCUT2D eigenvalue weighted by Crippen LogP contribution is -2.50. The number of likely N-dealkylation sites (tertiary alicyclic amines) is 1. The summed E-state index contributed by atoms with van der Waals surface area (Å²) < 4.78 is 1.46. The molecular formula is C14H22N4O3. The minimum absolute atomic E-state index is 0.0546. The highest BCUT2D eigenvalue weighted by molar-refractivity contribution is 5.79. The topological polar surface area (TPSA) is 101 Å². The van der Waals surface area contributed by atoms with E-state index in [1.165, 1.54) is 4.68 Å². The first-order valence-electron chi connectivity index (χ1n) is 7.19. The van der Waals surface area contributed by atoms with Crippen LogP contribution in [-0.2, 0) is 16.1 Å². The Bertz CT molecular complexity index is 554. The highest BCUT2D eigenvalue weighted by Gasteiger charge is 2.42. The Morgan fingerprint density at radius 3 is 2.76 bits per heavy atom. The molecule has 0 bridgehead atoms. The van der Waals surface area contributed by atoms with Crippen LogP contribution >= 0.6 is 0 Å². The Kier molecular flexibility index (Phi) is 4.20. The predicted molar refractivity (Wildman–Crippen MR) is 77.6 cm³/mol. The van der Waals surface area contributed by atoms with E-state index in [-0.39, 0.29) is 19.0 Å². The van der Waals surface area contributed by atoms with Gasteiger partial charge in [0.15, 0.2) is 0 Å². The van der Waals surface area contributed by atoms with Gasteiger partial charge in [0.1, 0.15) is 12.4 Å². The number of nitrogens with two attached hydrogens (primary N) is 1. The summed E-state index contributed by atoms with van der Waals surface area (Å²) in [6.45, 7) is 4.58. The van der Waals surface area contributed by atoms with Gasteiger partial charge in [0.2, 0.25) is 5.91 Å². The van der Waals surface area contributed by atoms with Crippen molar-refractivity contribution < 1.29 is 14.7 Å². The van der Waals surface area contributed by atoms with Crippen LogP contribution in [0.15, 0.2) is 6.07 Å². The predicted octanol–water partition coefficient (Wildman–Crippen LogP) is 0.877. The summed E-state index contributed by atoms with van der Waals surface area (Å²) in [7, 11) is 0. The molecule has 7 heteroatoms. The maximum Gasteiger partial charge on any atom is 0.311 e. The lowest BCUT2D eigenvalue weighted by atomic mass is 9.77. The lowest BCUT2D eigenvalue weighted by molar-refractivity contribution is -0.155. The molecule has 0 spiro atoms. The number of carboxylic acid groups (broad SMARTS) is 1. The number of carbonyl (C=O) groups excluding carboxylic acids is 1. The molecule has 1 aliphatic heterocycles. The first-order chi connectivity index (χ1) is 9.88. The Morgan fingerprint density at radius 2 is 2.24 bits per heavy atom. The maximum absolute atomic E-state index is 12.4. The molecule has 1 amide bonds. The van der Waals surface area contributed by atoms with Crippen LogP contribution in [0.1, 0.15) is 31.9 Å². The van der Waals surface area contributed by atoms with Gasteiger partial charge in [-0.15, -0.1) is 0 Å². The number of hydrogen-bond donors (Lipinski definition) is 2. The van der Waals surface area contributed by atoms with E-state index in [1.807, 2.05) is 13.8 Å². The number of nitrogen functional groups attached to an aromatic ring is 1. The molecule has 3 N–H and O–H groups in total. The van der Waals surface area contributed by atoms with Crippen molar-refractivity contribution in [1.29, 1.82) is 0 Å². The Labute approximate surface area is 123 Å². The average molecular weight is 294 g/mol. The number of piperidine rings is 1. The number of aryl methyl sites for hydroxylation is 1. The van der Waals surface area contributed by atoms with Gasteiger partial charge in [0, 0.05) is 19.2 Å². The Hall–Kier alpha value is -2.05. The van der Waals surface area contributed by atoms with Gasteiger partial charge in [0.05, 0.1) is 11.1 Å². The van der Waals surface area contributed by atoms with E-state index in [2.05, 4.69) is 5.10 Å². The summed E-state index contributed by atoms with van der Waals surface area (Å²) in [5, 5.41) is 13.6.